The lowest BCUT2D eigenvalue weighted by atomic mass is 9.85. The Morgan fingerprint density at radius 1 is 1.00 bits per heavy atom. The number of benzene rings is 3. The van der Waals surface area contributed by atoms with Crippen LogP contribution in [0.3, 0.4) is 0 Å². The number of nitrogens with zero attached hydrogens (tertiary/aromatic N) is 1. The molecule has 1 aliphatic carbocycles. The summed E-state index contributed by atoms with van der Waals surface area (Å²) in [4.78, 5) is 27.4. The van der Waals surface area contributed by atoms with Gasteiger partial charge in [0, 0.05) is 36.1 Å². The van der Waals surface area contributed by atoms with Crippen molar-refractivity contribution >= 4 is 11.8 Å². The van der Waals surface area contributed by atoms with Crippen molar-refractivity contribution in [3.8, 4) is 28.0 Å². The van der Waals surface area contributed by atoms with Gasteiger partial charge < -0.3 is 20.5 Å². The van der Waals surface area contributed by atoms with Crippen molar-refractivity contribution in [3.05, 3.63) is 76.6 Å². The van der Waals surface area contributed by atoms with E-state index in [0.717, 1.165) is 16.7 Å². The van der Waals surface area contributed by atoms with Crippen LogP contribution < -0.4 is 10.5 Å². The molecule has 0 aromatic heterocycles. The second kappa shape index (κ2) is 9.05. The van der Waals surface area contributed by atoms with Crippen molar-refractivity contribution in [1.29, 1.82) is 0 Å². The standard InChI is InChI=1S/C30H26F4N2O4/c1-40-26-7-3-15(12-25(26)31)17-9-22-21-6-2-16(8-18(21)11-23(22)24(10-17)27(35)37)28(38)36-19-4-5-20(36)14-29(39,13-19)30(32,33)34/h2-3,6-10,12,19-20,39H,4-5,11,13-14H2,1H3,(H2,35,37). The van der Waals surface area contributed by atoms with Crippen LogP contribution in [0.1, 0.15) is 57.5 Å². The van der Waals surface area contributed by atoms with Crippen molar-refractivity contribution < 1.29 is 37.0 Å². The first-order chi connectivity index (χ1) is 18.9. The van der Waals surface area contributed by atoms with Gasteiger partial charge in [-0.25, -0.2) is 4.39 Å². The van der Waals surface area contributed by atoms with E-state index in [1.54, 1.807) is 30.3 Å². The Kier molecular flexibility index (Phi) is 5.96. The number of piperidine rings is 1. The number of rotatable bonds is 4. The molecule has 2 aliphatic heterocycles. The molecule has 0 saturated carbocycles. The molecule has 10 heteroatoms. The molecule has 2 saturated heterocycles. The molecule has 3 aliphatic rings. The number of amides is 2. The molecule has 3 aromatic rings. The number of halogens is 4. The van der Waals surface area contributed by atoms with Crippen molar-refractivity contribution in [2.75, 3.05) is 7.11 Å². The Morgan fingerprint density at radius 3 is 2.30 bits per heavy atom. The molecule has 2 fully saturated rings. The zero-order valence-electron chi connectivity index (χ0n) is 21.5. The number of nitrogens with two attached hydrogens (primary N) is 1. The largest absolute Gasteiger partial charge is 0.494 e. The third-order valence-electron chi connectivity index (χ3n) is 8.54. The molecule has 40 heavy (non-hydrogen) atoms. The third kappa shape index (κ3) is 4.04. The van der Waals surface area contributed by atoms with Crippen LogP contribution in [-0.2, 0) is 6.42 Å². The summed E-state index contributed by atoms with van der Waals surface area (Å²) < 4.78 is 59.9. The van der Waals surface area contributed by atoms with E-state index < -0.39 is 48.4 Å². The second-order valence-electron chi connectivity index (χ2n) is 10.8. The van der Waals surface area contributed by atoms with Crippen LogP contribution in [0.25, 0.3) is 22.3 Å². The minimum atomic E-state index is -4.75. The molecule has 2 unspecified atom stereocenters. The summed E-state index contributed by atoms with van der Waals surface area (Å²) in [6.07, 6.45) is -4.68. The molecule has 208 valence electrons. The lowest BCUT2D eigenvalue weighted by Gasteiger charge is -2.44. The van der Waals surface area contributed by atoms with Gasteiger partial charge in [0.1, 0.15) is 0 Å². The van der Waals surface area contributed by atoms with E-state index in [2.05, 4.69) is 0 Å². The summed E-state index contributed by atoms with van der Waals surface area (Å²) >= 11 is 0. The molecule has 0 spiro atoms. The molecular weight excluding hydrogens is 528 g/mol. The summed E-state index contributed by atoms with van der Waals surface area (Å²) in [7, 11) is 1.37. The Labute approximate surface area is 227 Å². The number of ether oxygens (including phenoxy) is 1. The van der Waals surface area contributed by atoms with Gasteiger partial charge in [0.05, 0.1) is 7.11 Å². The van der Waals surface area contributed by atoms with Crippen LogP contribution in [0, 0.1) is 5.82 Å². The quantitative estimate of drug-likeness (QED) is 0.338. The van der Waals surface area contributed by atoms with Gasteiger partial charge in [-0.3, -0.25) is 9.59 Å². The number of primary amides is 1. The normalized spacial score (nSPS) is 23.1. The number of fused-ring (bicyclic) bond motifs is 5. The monoisotopic (exact) mass is 554 g/mol. The lowest BCUT2D eigenvalue weighted by Crippen LogP contribution is -2.58. The fourth-order valence-corrected chi connectivity index (χ4v) is 6.60. The van der Waals surface area contributed by atoms with Gasteiger partial charge in [0.2, 0.25) is 5.91 Å². The number of aliphatic hydroxyl groups is 1. The van der Waals surface area contributed by atoms with Crippen LogP contribution in [0.4, 0.5) is 17.6 Å². The van der Waals surface area contributed by atoms with Gasteiger partial charge in [0.15, 0.2) is 17.2 Å². The molecule has 6 rings (SSSR count). The highest BCUT2D eigenvalue weighted by Gasteiger charge is 2.61. The van der Waals surface area contributed by atoms with Crippen LogP contribution in [0.15, 0.2) is 48.5 Å². The minimum Gasteiger partial charge on any atom is -0.494 e. The van der Waals surface area contributed by atoms with Gasteiger partial charge in [-0.05, 0) is 89.0 Å². The van der Waals surface area contributed by atoms with Gasteiger partial charge >= 0.3 is 6.18 Å². The Morgan fingerprint density at radius 2 is 1.70 bits per heavy atom. The van der Waals surface area contributed by atoms with E-state index in [4.69, 9.17) is 10.5 Å². The smallest absolute Gasteiger partial charge is 0.417 e. The first-order valence-corrected chi connectivity index (χ1v) is 13.0. The summed E-state index contributed by atoms with van der Waals surface area (Å²) in [5.41, 5.74) is 7.66. The molecule has 3 N–H and O–H groups in total. The summed E-state index contributed by atoms with van der Waals surface area (Å²) in [5.74, 6) is -1.48. The van der Waals surface area contributed by atoms with E-state index in [1.807, 2.05) is 6.07 Å². The predicted molar refractivity (Wildman–Crippen MR) is 138 cm³/mol. The highest BCUT2D eigenvalue weighted by atomic mass is 19.4. The van der Waals surface area contributed by atoms with E-state index in [9.17, 15) is 32.3 Å². The number of carbonyl (C=O) groups excluding carboxylic acids is 2. The Balaban J connectivity index is 1.33. The van der Waals surface area contributed by atoms with E-state index >= 15 is 0 Å². The predicted octanol–water partition coefficient (Wildman–Crippen LogP) is 5.23. The van der Waals surface area contributed by atoms with Crippen LogP contribution in [0.2, 0.25) is 0 Å². The summed E-state index contributed by atoms with van der Waals surface area (Å²) in [6, 6.07) is 11.7. The van der Waals surface area contributed by atoms with Gasteiger partial charge in [0.25, 0.3) is 5.91 Å². The van der Waals surface area contributed by atoms with E-state index in [-0.39, 0.29) is 17.2 Å². The Hall–Kier alpha value is -3.92. The summed E-state index contributed by atoms with van der Waals surface area (Å²) in [6.45, 7) is 0. The van der Waals surface area contributed by atoms with Crippen LogP contribution in [0.5, 0.6) is 5.75 Å². The van der Waals surface area contributed by atoms with Crippen molar-refractivity contribution in [2.45, 2.75) is 56.0 Å². The van der Waals surface area contributed by atoms with E-state index in [1.165, 1.54) is 24.1 Å². The third-order valence-corrected chi connectivity index (χ3v) is 8.54. The van der Waals surface area contributed by atoms with Crippen molar-refractivity contribution in [1.82, 2.24) is 4.90 Å². The SMILES string of the molecule is COc1ccc(-c2cc(C(N)=O)c3c(c2)-c2ccc(C(=O)N4C5CCC4CC(O)(C(F)(F)F)C5)cc2C3)cc1F. The average molecular weight is 555 g/mol. The molecular formula is C30H26F4N2O4. The maximum atomic E-state index is 14.4. The molecule has 2 amide bonds. The molecule has 2 atom stereocenters. The zero-order valence-corrected chi connectivity index (χ0v) is 21.5. The number of hydrogen-bond donors (Lipinski definition) is 2. The first kappa shape index (κ1) is 26.3. The van der Waals surface area contributed by atoms with Crippen molar-refractivity contribution in [3.63, 3.8) is 0 Å². The van der Waals surface area contributed by atoms with Crippen LogP contribution >= 0.6 is 0 Å². The number of alkyl halides is 3. The number of hydrogen-bond acceptors (Lipinski definition) is 4. The highest BCUT2D eigenvalue weighted by Crippen LogP contribution is 2.49. The Bertz CT molecular complexity index is 1550. The average Bonchev–Trinajstić information content (AvgIpc) is 3.41. The molecule has 6 nitrogen and oxygen atoms in total. The van der Waals surface area contributed by atoms with E-state index in [0.29, 0.717) is 41.5 Å². The first-order valence-electron chi connectivity index (χ1n) is 13.0. The van der Waals surface area contributed by atoms with Crippen LogP contribution in [-0.4, -0.2) is 52.8 Å². The molecule has 2 bridgehead atoms. The lowest BCUT2D eigenvalue weighted by molar-refractivity contribution is -0.277. The van der Waals surface area contributed by atoms with Crippen molar-refractivity contribution in [2.24, 2.45) is 5.73 Å². The fraction of sp³-hybridized carbons (Fsp3) is 0.333. The maximum absolute atomic E-state index is 14.4. The van der Waals surface area contributed by atoms with Gasteiger partial charge in [-0.15, -0.1) is 0 Å². The fourth-order valence-electron chi connectivity index (χ4n) is 6.60. The molecule has 0 radical (unpaired) electrons. The summed E-state index contributed by atoms with van der Waals surface area (Å²) in [5, 5.41) is 10.3. The number of carbonyl (C=O) groups is 2. The zero-order chi connectivity index (χ0) is 28.6. The maximum Gasteiger partial charge on any atom is 0.417 e. The second-order valence-corrected chi connectivity index (χ2v) is 10.8. The minimum absolute atomic E-state index is 0.0906. The highest BCUT2D eigenvalue weighted by molar-refractivity contribution is 6.01. The van der Waals surface area contributed by atoms with Gasteiger partial charge in [-0.1, -0.05) is 12.1 Å². The van der Waals surface area contributed by atoms with Gasteiger partial charge in [-0.2, -0.15) is 13.2 Å². The number of methoxy groups -OCH3 is 1. The topological polar surface area (TPSA) is 92.9 Å². The molecule has 3 aromatic carbocycles. The molecule has 2 heterocycles.